The van der Waals surface area contributed by atoms with Gasteiger partial charge in [0, 0.05) is 0 Å². The number of anilines is 1. The highest BCUT2D eigenvalue weighted by Gasteiger charge is 2.03. The zero-order valence-corrected chi connectivity index (χ0v) is 6.28. The molecule has 1 rings (SSSR count). The van der Waals surface area contributed by atoms with Crippen molar-refractivity contribution in [2.45, 2.75) is 6.54 Å². The lowest BCUT2D eigenvalue weighted by atomic mass is 10.6. The van der Waals surface area contributed by atoms with Crippen LogP contribution in [0.15, 0.2) is 4.42 Å². The molecule has 1 aromatic heterocycles. The highest BCUT2D eigenvalue weighted by molar-refractivity contribution is 5.78. The second-order valence-corrected chi connectivity index (χ2v) is 2.02. The number of carbonyl (C=O) groups excluding carboxylic acids is 1. The first-order chi connectivity index (χ1) is 5.72. The number of nitrogens with one attached hydrogen (secondary N) is 1. The molecule has 0 unspecified atom stereocenters. The van der Waals surface area contributed by atoms with Crippen molar-refractivity contribution in [1.29, 1.82) is 0 Å². The van der Waals surface area contributed by atoms with E-state index >= 15 is 0 Å². The zero-order chi connectivity index (χ0) is 8.97. The monoisotopic (exact) mass is 171 g/mol. The topological polar surface area (TPSA) is 120 Å². The highest BCUT2D eigenvalue weighted by atomic mass is 16.4. The van der Waals surface area contributed by atoms with E-state index in [0.29, 0.717) is 5.89 Å². The summed E-state index contributed by atoms with van der Waals surface area (Å²) in [4.78, 5) is 10.3. The van der Waals surface area contributed by atoms with Gasteiger partial charge in [-0.1, -0.05) is 5.10 Å². The third kappa shape index (κ3) is 2.20. The Kier molecular flexibility index (Phi) is 2.59. The van der Waals surface area contributed by atoms with Crippen molar-refractivity contribution in [1.82, 2.24) is 10.2 Å². The van der Waals surface area contributed by atoms with E-state index < -0.39 is 5.91 Å². The molecule has 0 bridgehead atoms. The first kappa shape index (κ1) is 8.47. The van der Waals surface area contributed by atoms with Gasteiger partial charge in [0.15, 0.2) is 0 Å². The predicted molar refractivity (Wildman–Crippen MR) is 39.9 cm³/mol. The Morgan fingerprint density at radius 3 is 2.83 bits per heavy atom. The largest absolute Gasteiger partial charge is 0.407 e. The first-order valence-corrected chi connectivity index (χ1v) is 3.27. The van der Waals surface area contributed by atoms with Crippen LogP contribution in [-0.4, -0.2) is 22.6 Å². The summed E-state index contributed by atoms with van der Waals surface area (Å²) in [5.41, 5.74) is 10.1. The van der Waals surface area contributed by atoms with Crippen LogP contribution >= 0.6 is 0 Å². The molecule has 0 aliphatic heterocycles. The van der Waals surface area contributed by atoms with Crippen LogP contribution in [0.5, 0.6) is 0 Å². The van der Waals surface area contributed by atoms with Gasteiger partial charge in [-0.25, -0.2) is 0 Å². The van der Waals surface area contributed by atoms with Gasteiger partial charge in [-0.3, -0.25) is 4.79 Å². The normalized spacial score (nSPS) is 9.75. The van der Waals surface area contributed by atoms with Crippen molar-refractivity contribution >= 4 is 11.9 Å². The van der Waals surface area contributed by atoms with Gasteiger partial charge >= 0.3 is 6.01 Å². The van der Waals surface area contributed by atoms with E-state index in [-0.39, 0.29) is 19.1 Å². The molecule has 0 aliphatic carbocycles. The molecule has 12 heavy (non-hydrogen) atoms. The van der Waals surface area contributed by atoms with Gasteiger partial charge in [0.2, 0.25) is 11.8 Å². The highest BCUT2D eigenvalue weighted by Crippen LogP contribution is 2.02. The summed E-state index contributed by atoms with van der Waals surface area (Å²) in [5.74, 6) is -0.190. The maximum absolute atomic E-state index is 10.3. The lowest BCUT2D eigenvalue weighted by Crippen LogP contribution is -2.21. The number of carbonyl (C=O) groups is 1. The molecule has 1 aromatic rings. The number of nitrogens with two attached hydrogens (primary N) is 2. The summed E-state index contributed by atoms with van der Waals surface area (Å²) in [5, 5.41) is 9.63. The predicted octanol–water partition coefficient (Wildman–Crippen LogP) is -1.57. The molecule has 5 N–H and O–H groups in total. The van der Waals surface area contributed by atoms with Gasteiger partial charge in [-0.15, -0.1) is 5.10 Å². The van der Waals surface area contributed by atoms with Gasteiger partial charge in [-0.2, -0.15) is 0 Å². The molecule has 7 nitrogen and oxygen atoms in total. The van der Waals surface area contributed by atoms with Crippen molar-refractivity contribution in [3.8, 4) is 0 Å². The van der Waals surface area contributed by atoms with Crippen LogP contribution in [0.3, 0.4) is 0 Å². The molecular formula is C5H9N5O2. The van der Waals surface area contributed by atoms with Crippen molar-refractivity contribution in [3.05, 3.63) is 5.89 Å². The van der Waals surface area contributed by atoms with Gasteiger partial charge in [0.05, 0.1) is 13.1 Å². The molecule has 0 radical (unpaired) electrons. The Morgan fingerprint density at radius 2 is 2.33 bits per heavy atom. The van der Waals surface area contributed by atoms with E-state index in [0.717, 1.165) is 0 Å². The number of aromatic nitrogens is 2. The SMILES string of the molecule is NCc1nnc(NCC(N)=O)o1. The molecule has 66 valence electrons. The lowest BCUT2D eigenvalue weighted by Gasteiger charge is -1.93. The van der Waals surface area contributed by atoms with E-state index in [1.165, 1.54) is 0 Å². The number of nitrogens with zero attached hydrogens (tertiary/aromatic N) is 2. The van der Waals surface area contributed by atoms with Crippen molar-refractivity contribution in [2.75, 3.05) is 11.9 Å². The minimum absolute atomic E-state index is 0.0355. The minimum Gasteiger partial charge on any atom is -0.407 e. The Hall–Kier alpha value is -1.63. The van der Waals surface area contributed by atoms with Gasteiger partial charge < -0.3 is 21.2 Å². The lowest BCUT2D eigenvalue weighted by molar-refractivity contribution is -0.116. The fourth-order valence-corrected chi connectivity index (χ4v) is 0.570. The van der Waals surface area contributed by atoms with E-state index in [2.05, 4.69) is 15.5 Å². The van der Waals surface area contributed by atoms with Crippen molar-refractivity contribution in [3.63, 3.8) is 0 Å². The summed E-state index contributed by atoms with van der Waals surface area (Å²) in [6, 6.07) is 0.147. The van der Waals surface area contributed by atoms with Gasteiger partial charge in [0.1, 0.15) is 0 Å². The fourth-order valence-electron chi connectivity index (χ4n) is 0.570. The smallest absolute Gasteiger partial charge is 0.315 e. The first-order valence-electron chi connectivity index (χ1n) is 3.27. The molecule has 7 heteroatoms. The molecule has 0 atom stereocenters. The van der Waals surface area contributed by atoms with Crippen LogP contribution < -0.4 is 16.8 Å². The summed E-state index contributed by atoms with van der Waals surface area (Å²) < 4.78 is 4.92. The van der Waals surface area contributed by atoms with Crippen molar-refractivity contribution < 1.29 is 9.21 Å². The Balaban J connectivity index is 2.47. The van der Waals surface area contributed by atoms with Crippen LogP contribution in [0.1, 0.15) is 5.89 Å². The molecule has 0 aliphatic rings. The molecule has 0 spiro atoms. The van der Waals surface area contributed by atoms with Crippen LogP contribution in [0, 0.1) is 0 Å². The van der Waals surface area contributed by atoms with Crippen LogP contribution in [0.4, 0.5) is 6.01 Å². The summed E-state index contributed by atoms with van der Waals surface area (Å²) in [6.07, 6.45) is 0. The average molecular weight is 171 g/mol. The van der Waals surface area contributed by atoms with Crippen LogP contribution in [0.25, 0.3) is 0 Å². The standard InChI is InChI=1S/C5H9N5O2/c6-1-4-9-10-5(12-4)8-2-3(7)11/h1-2,6H2,(H2,7,11)(H,8,10). The van der Waals surface area contributed by atoms with E-state index in [1.807, 2.05) is 0 Å². The number of primary amides is 1. The zero-order valence-electron chi connectivity index (χ0n) is 6.28. The third-order valence-electron chi connectivity index (χ3n) is 1.06. The second kappa shape index (κ2) is 3.67. The fraction of sp³-hybridized carbons (Fsp3) is 0.400. The quantitative estimate of drug-likeness (QED) is 0.503. The van der Waals surface area contributed by atoms with E-state index in [1.54, 1.807) is 0 Å². The summed E-state index contributed by atoms with van der Waals surface area (Å²) >= 11 is 0. The summed E-state index contributed by atoms with van der Waals surface area (Å²) in [6.45, 7) is 0.136. The molecule has 0 aromatic carbocycles. The minimum atomic E-state index is -0.498. The Bertz CT molecular complexity index is 271. The van der Waals surface area contributed by atoms with Crippen LogP contribution in [0.2, 0.25) is 0 Å². The molecule has 0 saturated carbocycles. The molecule has 1 heterocycles. The Labute approximate surface area is 68.1 Å². The van der Waals surface area contributed by atoms with Crippen LogP contribution in [-0.2, 0) is 11.3 Å². The van der Waals surface area contributed by atoms with Gasteiger partial charge in [0.25, 0.3) is 0 Å². The second-order valence-electron chi connectivity index (χ2n) is 2.02. The summed E-state index contributed by atoms with van der Waals surface area (Å²) in [7, 11) is 0. The number of amides is 1. The van der Waals surface area contributed by atoms with Gasteiger partial charge in [-0.05, 0) is 0 Å². The average Bonchev–Trinajstić information content (AvgIpc) is 2.48. The van der Waals surface area contributed by atoms with E-state index in [9.17, 15) is 4.79 Å². The van der Waals surface area contributed by atoms with Crippen molar-refractivity contribution in [2.24, 2.45) is 11.5 Å². The molecule has 1 amide bonds. The molecule has 0 fully saturated rings. The van der Waals surface area contributed by atoms with E-state index in [4.69, 9.17) is 15.9 Å². The third-order valence-corrected chi connectivity index (χ3v) is 1.06. The maximum atomic E-state index is 10.3. The molecule has 0 saturated heterocycles. The number of hydrogen-bond donors (Lipinski definition) is 3. The molecular weight excluding hydrogens is 162 g/mol. The number of hydrogen-bond acceptors (Lipinski definition) is 6. The maximum Gasteiger partial charge on any atom is 0.315 e. The number of rotatable bonds is 4. The Morgan fingerprint density at radius 1 is 1.58 bits per heavy atom.